The number of rotatable bonds is 3. The van der Waals surface area contributed by atoms with E-state index in [0.29, 0.717) is 6.04 Å². The van der Waals surface area contributed by atoms with Crippen molar-refractivity contribution in [3.63, 3.8) is 0 Å². The molecule has 0 aliphatic carbocycles. The maximum absolute atomic E-state index is 12.5. The van der Waals surface area contributed by atoms with Gasteiger partial charge >= 0.3 is 6.03 Å². The van der Waals surface area contributed by atoms with Crippen molar-refractivity contribution in [2.45, 2.75) is 51.2 Å². The molecule has 2 aliphatic heterocycles. The van der Waals surface area contributed by atoms with Crippen LogP contribution in [0.1, 0.15) is 49.8 Å². The average molecular weight is 357 g/mol. The van der Waals surface area contributed by atoms with Crippen LogP contribution in [-0.2, 0) is 7.05 Å². The van der Waals surface area contributed by atoms with Gasteiger partial charge in [-0.3, -0.25) is 4.68 Å². The second-order valence-electron chi connectivity index (χ2n) is 7.50. The van der Waals surface area contributed by atoms with Crippen LogP contribution >= 0.6 is 0 Å². The number of hydrogen-bond donors (Lipinski definition) is 2. The Morgan fingerprint density at radius 1 is 1.35 bits per heavy atom. The molecule has 8 nitrogen and oxygen atoms in total. The van der Waals surface area contributed by atoms with E-state index in [1.165, 1.54) is 0 Å². The largest absolute Gasteiger partial charge is 0.355 e. The highest BCUT2D eigenvalue weighted by atomic mass is 16.2. The van der Waals surface area contributed by atoms with E-state index >= 15 is 0 Å². The van der Waals surface area contributed by atoms with Crippen LogP contribution in [0.25, 0.3) is 0 Å². The van der Waals surface area contributed by atoms with Crippen LogP contribution in [0.4, 0.5) is 10.6 Å². The molecule has 0 saturated carbocycles. The fourth-order valence-electron chi connectivity index (χ4n) is 4.23. The molecular formula is C18H27N7O. The standard InChI is InChI=1S/C18H27N7O/c1-12-9-16(23(3)22-12)24-7-4-5-14(11-24)20-18(26)21-15-10-13(2)25-8-6-19-17(15)25/h6,8-9,13-15H,4-5,7,10-11H2,1-3H3,(H2,20,21,26). The van der Waals surface area contributed by atoms with Gasteiger partial charge in [0.05, 0.1) is 11.7 Å². The number of piperidine rings is 1. The SMILES string of the molecule is Cc1cc(N2CCCC(NC(=O)NC3CC(C)n4ccnc43)C2)n(C)n1. The molecule has 140 valence electrons. The highest BCUT2D eigenvalue weighted by Crippen LogP contribution is 2.32. The zero-order chi connectivity index (χ0) is 18.3. The molecule has 2 amide bonds. The van der Waals surface area contributed by atoms with Crippen LogP contribution < -0.4 is 15.5 Å². The number of urea groups is 1. The molecule has 2 aromatic heterocycles. The van der Waals surface area contributed by atoms with E-state index in [1.807, 2.05) is 24.9 Å². The summed E-state index contributed by atoms with van der Waals surface area (Å²) in [6.07, 6.45) is 6.72. The molecule has 8 heteroatoms. The van der Waals surface area contributed by atoms with Gasteiger partial charge in [-0.15, -0.1) is 0 Å². The predicted molar refractivity (Wildman–Crippen MR) is 99.1 cm³/mol. The van der Waals surface area contributed by atoms with E-state index in [2.05, 4.69) is 43.2 Å². The first-order chi connectivity index (χ1) is 12.5. The third-order valence-electron chi connectivity index (χ3n) is 5.43. The zero-order valence-corrected chi connectivity index (χ0v) is 15.6. The molecule has 4 heterocycles. The molecule has 1 fully saturated rings. The molecule has 0 aromatic carbocycles. The Balaban J connectivity index is 1.35. The quantitative estimate of drug-likeness (QED) is 0.879. The third kappa shape index (κ3) is 3.15. The Labute approximate surface area is 153 Å². The Morgan fingerprint density at radius 3 is 2.96 bits per heavy atom. The molecule has 26 heavy (non-hydrogen) atoms. The van der Waals surface area contributed by atoms with Gasteiger partial charge in [0, 0.05) is 50.7 Å². The third-order valence-corrected chi connectivity index (χ3v) is 5.43. The predicted octanol–water partition coefficient (Wildman–Crippen LogP) is 1.90. The van der Waals surface area contributed by atoms with Gasteiger partial charge < -0.3 is 20.1 Å². The summed E-state index contributed by atoms with van der Waals surface area (Å²) in [6.45, 7) is 5.96. The number of fused-ring (bicyclic) bond motifs is 1. The number of aromatic nitrogens is 4. The number of carbonyl (C=O) groups is 1. The lowest BCUT2D eigenvalue weighted by atomic mass is 10.1. The molecule has 2 N–H and O–H groups in total. The lowest BCUT2D eigenvalue weighted by Gasteiger charge is -2.34. The van der Waals surface area contributed by atoms with Gasteiger partial charge in [0.15, 0.2) is 0 Å². The van der Waals surface area contributed by atoms with Gasteiger partial charge in [-0.1, -0.05) is 0 Å². The molecule has 4 rings (SSSR count). The van der Waals surface area contributed by atoms with Crippen molar-refractivity contribution in [3.05, 3.63) is 30.0 Å². The summed E-state index contributed by atoms with van der Waals surface area (Å²) in [7, 11) is 1.97. The molecule has 2 aromatic rings. The summed E-state index contributed by atoms with van der Waals surface area (Å²) in [5.74, 6) is 2.06. The highest BCUT2D eigenvalue weighted by Gasteiger charge is 2.31. The van der Waals surface area contributed by atoms with Crippen LogP contribution in [0.2, 0.25) is 0 Å². The molecule has 3 unspecified atom stereocenters. The summed E-state index contributed by atoms with van der Waals surface area (Å²) < 4.78 is 4.05. The van der Waals surface area contributed by atoms with Gasteiger partial charge in [0.2, 0.25) is 0 Å². The number of nitrogens with one attached hydrogen (secondary N) is 2. The van der Waals surface area contributed by atoms with Crippen molar-refractivity contribution in [2.75, 3.05) is 18.0 Å². The molecular weight excluding hydrogens is 330 g/mol. The minimum atomic E-state index is -0.105. The smallest absolute Gasteiger partial charge is 0.315 e. The molecule has 1 saturated heterocycles. The topological polar surface area (TPSA) is 80.0 Å². The highest BCUT2D eigenvalue weighted by molar-refractivity contribution is 5.75. The fourth-order valence-corrected chi connectivity index (χ4v) is 4.23. The van der Waals surface area contributed by atoms with Crippen LogP contribution in [0.15, 0.2) is 18.5 Å². The number of carbonyl (C=O) groups excluding carboxylic acids is 1. The monoisotopic (exact) mass is 357 g/mol. The van der Waals surface area contributed by atoms with Gasteiger partial charge in [0.1, 0.15) is 11.6 Å². The summed E-state index contributed by atoms with van der Waals surface area (Å²) in [5.41, 5.74) is 1.01. The summed E-state index contributed by atoms with van der Waals surface area (Å²) in [5, 5.41) is 10.7. The Bertz CT molecular complexity index is 795. The average Bonchev–Trinajstić information content (AvgIpc) is 3.26. The molecule has 0 radical (unpaired) electrons. The molecule has 3 atom stereocenters. The van der Waals surface area contributed by atoms with Gasteiger partial charge in [-0.25, -0.2) is 9.78 Å². The Hall–Kier alpha value is -2.51. The number of hydrogen-bond acceptors (Lipinski definition) is 4. The van der Waals surface area contributed by atoms with Gasteiger partial charge in [-0.2, -0.15) is 5.10 Å². The first-order valence-corrected chi connectivity index (χ1v) is 9.36. The number of anilines is 1. The second kappa shape index (κ2) is 6.66. The van der Waals surface area contributed by atoms with E-state index in [0.717, 1.165) is 49.7 Å². The number of aryl methyl sites for hydroxylation is 2. The summed E-state index contributed by atoms with van der Waals surface area (Å²) in [6, 6.07) is 2.49. The molecule has 2 aliphatic rings. The van der Waals surface area contributed by atoms with E-state index in [1.54, 1.807) is 6.20 Å². The minimum Gasteiger partial charge on any atom is -0.355 e. The van der Waals surface area contributed by atoms with E-state index in [-0.39, 0.29) is 18.1 Å². The van der Waals surface area contributed by atoms with Crippen molar-refractivity contribution in [2.24, 2.45) is 7.05 Å². The van der Waals surface area contributed by atoms with E-state index in [4.69, 9.17) is 0 Å². The number of nitrogens with zero attached hydrogens (tertiary/aromatic N) is 5. The minimum absolute atomic E-state index is 0.0144. The van der Waals surface area contributed by atoms with Crippen molar-refractivity contribution < 1.29 is 4.79 Å². The van der Waals surface area contributed by atoms with Crippen molar-refractivity contribution in [1.29, 1.82) is 0 Å². The fraction of sp³-hybridized carbons (Fsp3) is 0.611. The van der Waals surface area contributed by atoms with Gasteiger partial charge in [0.25, 0.3) is 0 Å². The first-order valence-electron chi connectivity index (χ1n) is 9.36. The van der Waals surface area contributed by atoms with Crippen LogP contribution in [0.3, 0.4) is 0 Å². The lowest BCUT2D eigenvalue weighted by Crippen LogP contribution is -2.51. The van der Waals surface area contributed by atoms with E-state index < -0.39 is 0 Å². The van der Waals surface area contributed by atoms with Crippen LogP contribution in [-0.4, -0.2) is 44.5 Å². The maximum Gasteiger partial charge on any atom is 0.315 e. The Kier molecular flexibility index (Phi) is 4.34. The molecule has 0 spiro atoms. The van der Waals surface area contributed by atoms with Gasteiger partial charge in [-0.05, 0) is 33.1 Å². The number of amides is 2. The lowest BCUT2D eigenvalue weighted by molar-refractivity contribution is 0.230. The van der Waals surface area contributed by atoms with Crippen molar-refractivity contribution >= 4 is 11.8 Å². The first kappa shape index (κ1) is 16.9. The van der Waals surface area contributed by atoms with Crippen LogP contribution in [0, 0.1) is 6.92 Å². The summed E-state index contributed by atoms with van der Waals surface area (Å²) >= 11 is 0. The maximum atomic E-state index is 12.5. The van der Waals surface area contributed by atoms with Crippen LogP contribution in [0.5, 0.6) is 0 Å². The number of imidazole rings is 1. The normalized spacial score (nSPS) is 25.2. The van der Waals surface area contributed by atoms with Crippen molar-refractivity contribution in [3.8, 4) is 0 Å². The second-order valence-corrected chi connectivity index (χ2v) is 7.50. The summed E-state index contributed by atoms with van der Waals surface area (Å²) in [4.78, 5) is 19.2. The zero-order valence-electron chi connectivity index (χ0n) is 15.6. The van der Waals surface area contributed by atoms with Crippen molar-refractivity contribution in [1.82, 2.24) is 30.0 Å². The van der Waals surface area contributed by atoms with E-state index in [9.17, 15) is 4.79 Å². The Morgan fingerprint density at radius 2 is 2.19 bits per heavy atom. The molecule has 0 bridgehead atoms.